The molecule has 0 fully saturated rings. The van der Waals surface area contributed by atoms with Gasteiger partial charge in [-0.1, -0.05) is 13.2 Å². The van der Waals surface area contributed by atoms with Crippen LogP contribution in [-0.2, 0) is 37.9 Å². The van der Waals surface area contributed by atoms with E-state index in [4.69, 9.17) is 37.9 Å². The van der Waals surface area contributed by atoms with Crippen molar-refractivity contribution >= 4 is 42.0 Å². The molecule has 0 aromatic heterocycles. The van der Waals surface area contributed by atoms with Crippen LogP contribution in [0.25, 0.3) is 0 Å². The fourth-order valence-electron chi connectivity index (χ4n) is 2.12. The van der Waals surface area contributed by atoms with Gasteiger partial charge in [0.15, 0.2) is 0 Å². The minimum atomic E-state index is -0.743. The maximum Gasteiger partial charge on any atom is 0.508 e. The molecule has 208 valence electrons. The summed E-state index contributed by atoms with van der Waals surface area (Å²) in [6.45, 7) is 9.28. The van der Waals surface area contributed by atoms with E-state index in [1.807, 2.05) is 0 Å². The first-order valence-electron chi connectivity index (χ1n) is 11.6. The number of hydrogen-bond acceptors (Lipinski definition) is 13. The smallest absolute Gasteiger partial charge is 0.502 e. The van der Waals surface area contributed by atoms with Crippen LogP contribution in [0.1, 0.15) is 25.7 Å². The van der Waals surface area contributed by atoms with Gasteiger partial charge in [-0.25, -0.2) is 14.4 Å². The summed E-state index contributed by atoms with van der Waals surface area (Å²) < 4.78 is 39.5. The lowest BCUT2D eigenvalue weighted by Crippen LogP contribution is -2.13. The Morgan fingerprint density at radius 3 is 1.06 bits per heavy atom. The molecule has 0 saturated carbocycles. The third kappa shape index (κ3) is 26.2. The van der Waals surface area contributed by atoms with Gasteiger partial charge < -0.3 is 37.9 Å². The van der Waals surface area contributed by atoms with Gasteiger partial charge in [-0.3, -0.25) is 0 Å². The number of ether oxygens (including phenoxy) is 8. The van der Waals surface area contributed by atoms with Crippen LogP contribution in [0.3, 0.4) is 0 Å². The number of carbonyl (C=O) groups excluding carboxylic acids is 3. The zero-order valence-electron chi connectivity index (χ0n) is 20.7. The molecule has 0 aromatic carbocycles. The fourth-order valence-corrected chi connectivity index (χ4v) is 3.33. The Bertz CT molecular complexity index is 542. The molecule has 0 rings (SSSR count). The third-order valence-corrected chi connectivity index (χ3v) is 5.60. The molecule has 13 heteroatoms. The second-order valence-corrected chi connectivity index (χ2v) is 9.00. The first-order valence-corrected chi connectivity index (χ1v) is 13.9. The van der Waals surface area contributed by atoms with Crippen molar-refractivity contribution < 1.29 is 52.3 Å². The number of unbranched alkanes of at least 4 members (excludes halogenated alkanes) is 2. The molecule has 0 aromatic rings. The maximum atomic E-state index is 11.5. The molecule has 0 aliphatic heterocycles. The topological polar surface area (TPSA) is 125 Å². The summed E-state index contributed by atoms with van der Waals surface area (Å²) in [5.41, 5.74) is 0. The van der Waals surface area contributed by atoms with E-state index in [9.17, 15) is 14.4 Å². The van der Waals surface area contributed by atoms with Gasteiger partial charge in [0.2, 0.25) is 0 Å². The molecule has 0 amide bonds. The van der Waals surface area contributed by atoms with Gasteiger partial charge in [0.1, 0.15) is 26.4 Å². The van der Waals surface area contributed by atoms with E-state index >= 15 is 0 Å². The molecule has 0 bridgehead atoms. The summed E-state index contributed by atoms with van der Waals surface area (Å²) in [4.78, 5) is 34.3. The Kier molecular flexibility index (Phi) is 25.4. The lowest BCUT2D eigenvalue weighted by molar-refractivity contribution is 0.0565. The molecule has 0 radical (unpaired) electrons. The van der Waals surface area contributed by atoms with Crippen molar-refractivity contribution in [3.05, 3.63) is 25.7 Å². The number of carbonyl (C=O) groups is 3. The highest BCUT2D eigenvalue weighted by atomic mass is 32.2. The quantitative estimate of drug-likeness (QED) is 0.0703. The zero-order valence-corrected chi connectivity index (χ0v) is 22.3. The molecule has 0 heterocycles. The molecule has 0 saturated heterocycles. The van der Waals surface area contributed by atoms with Gasteiger partial charge in [0.05, 0.1) is 39.0 Å². The molecule has 0 aliphatic carbocycles. The van der Waals surface area contributed by atoms with Gasteiger partial charge in [0.25, 0.3) is 0 Å². The van der Waals surface area contributed by atoms with Crippen LogP contribution in [0.2, 0.25) is 0 Å². The van der Waals surface area contributed by atoms with Crippen molar-refractivity contribution in [3.63, 3.8) is 0 Å². The maximum absolute atomic E-state index is 11.5. The van der Waals surface area contributed by atoms with Gasteiger partial charge >= 0.3 is 18.5 Å². The molecule has 0 atom stereocenters. The number of thioether (sulfide) groups is 2. The molecule has 11 nitrogen and oxygen atoms in total. The van der Waals surface area contributed by atoms with Crippen LogP contribution in [-0.4, -0.2) is 94.3 Å². The van der Waals surface area contributed by atoms with Gasteiger partial charge in [-0.2, -0.15) is 23.5 Å². The summed E-state index contributed by atoms with van der Waals surface area (Å²) in [5, 5.41) is 0. The van der Waals surface area contributed by atoms with E-state index in [1.54, 1.807) is 0 Å². The fraction of sp³-hybridized carbons (Fsp3) is 0.696. The van der Waals surface area contributed by atoms with Gasteiger partial charge in [0, 0.05) is 23.0 Å². The minimum absolute atomic E-state index is 0.186. The molecule has 0 unspecified atom stereocenters. The van der Waals surface area contributed by atoms with E-state index < -0.39 is 18.5 Å². The van der Waals surface area contributed by atoms with Crippen LogP contribution < -0.4 is 0 Å². The lowest BCUT2D eigenvalue weighted by atomic mass is 10.3. The highest BCUT2D eigenvalue weighted by Crippen LogP contribution is 2.03. The minimum Gasteiger partial charge on any atom is -0.502 e. The Hall–Kier alpha value is -2.41. The van der Waals surface area contributed by atoms with Crippen molar-refractivity contribution in [2.45, 2.75) is 25.7 Å². The van der Waals surface area contributed by atoms with Crippen LogP contribution in [0.4, 0.5) is 14.4 Å². The summed E-state index contributed by atoms with van der Waals surface area (Å²) in [6.07, 6.45) is 3.48. The van der Waals surface area contributed by atoms with E-state index in [2.05, 4.69) is 13.2 Å². The van der Waals surface area contributed by atoms with Crippen molar-refractivity contribution in [2.75, 3.05) is 75.9 Å². The van der Waals surface area contributed by atoms with E-state index in [-0.39, 0.29) is 39.6 Å². The summed E-state index contributed by atoms with van der Waals surface area (Å²) in [7, 11) is 0. The first-order chi connectivity index (χ1) is 17.6. The summed E-state index contributed by atoms with van der Waals surface area (Å²) in [6, 6.07) is 0. The van der Waals surface area contributed by atoms with Crippen molar-refractivity contribution in [1.82, 2.24) is 0 Å². The standard InChI is InChI=1S/C23H38O11S2/c1-3-27-9-5-7-11-29-21(24)31-13-17-35-19-15-33-23(26)34-16-20-36-18-14-32-22(25)30-12-8-6-10-28-4-2/h3-4H,1-2,5-20H2. The van der Waals surface area contributed by atoms with Gasteiger partial charge in [-0.15, -0.1) is 0 Å². The number of rotatable bonds is 24. The monoisotopic (exact) mass is 554 g/mol. The Balaban J connectivity index is 3.35. The van der Waals surface area contributed by atoms with Crippen LogP contribution in [0.5, 0.6) is 0 Å². The average Bonchev–Trinajstić information content (AvgIpc) is 2.87. The van der Waals surface area contributed by atoms with Gasteiger partial charge in [-0.05, 0) is 25.7 Å². The van der Waals surface area contributed by atoms with Crippen molar-refractivity contribution in [3.8, 4) is 0 Å². The number of hydrogen-bond donors (Lipinski definition) is 0. The Morgan fingerprint density at radius 2 is 0.750 bits per heavy atom. The SMILES string of the molecule is C=COCCCCOC(=O)OCCSCCOC(=O)OCCSCCOC(=O)OCCCCOC=C. The second kappa shape index (κ2) is 27.2. The zero-order chi connectivity index (χ0) is 26.5. The molecular weight excluding hydrogens is 516 g/mol. The third-order valence-electron chi connectivity index (χ3n) is 3.78. The molecular formula is C23H38O11S2. The normalized spacial score (nSPS) is 10.0. The molecule has 0 spiro atoms. The lowest BCUT2D eigenvalue weighted by Gasteiger charge is -2.08. The van der Waals surface area contributed by atoms with E-state index in [0.29, 0.717) is 49.1 Å². The molecule has 0 N–H and O–H groups in total. The second-order valence-electron chi connectivity index (χ2n) is 6.55. The van der Waals surface area contributed by atoms with Crippen molar-refractivity contribution in [2.24, 2.45) is 0 Å². The summed E-state index contributed by atoms with van der Waals surface area (Å²) in [5.74, 6) is 2.19. The van der Waals surface area contributed by atoms with Crippen molar-refractivity contribution in [1.29, 1.82) is 0 Å². The molecule has 0 aliphatic rings. The Labute approximate surface area is 221 Å². The van der Waals surface area contributed by atoms with E-state index in [0.717, 1.165) is 12.8 Å². The first kappa shape index (κ1) is 33.6. The van der Waals surface area contributed by atoms with Crippen LogP contribution in [0.15, 0.2) is 25.7 Å². The van der Waals surface area contributed by atoms with Crippen LogP contribution in [0, 0.1) is 0 Å². The summed E-state index contributed by atoms with van der Waals surface area (Å²) >= 11 is 2.93. The predicted octanol–water partition coefficient (Wildman–Crippen LogP) is 4.79. The highest BCUT2D eigenvalue weighted by Gasteiger charge is 2.06. The molecule has 36 heavy (non-hydrogen) atoms. The Morgan fingerprint density at radius 1 is 0.472 bits per heavy atom. The van der Waals surface area contributed by atoms with Crippen LogP contribution >= 0.6 is 23.5 Å². The predicted molar refractivity (Wildman–Crippen MR) is 137 cm³/mol. The largest absolute Gasteiger partial charge is 0.508 e. The van der Waals surface area contributed by atoms with E-state index in [1.165, 1.54) is 36.0 Å². The highest BCUT2D eigenvalue weighted by molar-refractivity contribution is 7.99. The average molecular weight is 555 g/mol.